The number of ether oxygens (including phenoxy) is 1. The van der Waals surface area contributed by atoms with Crippen molar-refractivity contribution in [1.82, 2.24) is 21.3 Å². The molecule has 16 heteroatoms. The Morgan fingerprint density at radius 2 is 1.50 bits per heavy atom. The van der Waals surface area contributed by atoms with Gasteiger partial charge in [0.2, 0.25) is 27.4 Å². The van der Waals surface area contributed by atoms with Crippen LogP contribution in [0.25, 0.3) is 0 Å². The molecular weight excluding hydrogens is 683 g/mol. The molecule has 0 radical (unpaired) electrons. The van der Waals surface area contributed by atoms with Crippen LogP contribution in [-0.2, 0) is 33.5 Å². The molecule has 5 N–H and O–H groups in total. The van der Waals surface area contributed by atoms with Gasteiger partial charge >= 0.3 is 5.97 Å². The Bertz CT molecular complexity index is 1080. The van der Waals surface area contributed by atoms with Crippen LogP contribution in [0.1, 0.15) is 73.6 Å². The van der Waals surface area contributed by atoms with E-state index in [4.69, 9.17) is 39.5 Å². The Hall–Kier alpha value is -1.80. The predicted molar refractivity (Wildman–Crippen MR) is 179 cm³/mol. The van der Waals surface area contributed by atoms with Crippen LogP contribution in [0, 0.1) is 23.7 Å². The van der Waals surface area contributed by atoms with E-state index in [0.717, 1.165) is 0 Å². The number of hydrogen-bond acceptors (Lipinski definition) is 9. The van der Waals surface area contributed by atoms with Crippen LogP contribution in [0.4, 0.5) is 0 Å². The fraction of sp³-hybridized carbons (Fsp3) is 0.800. The topological polar surface area (TPSA) is 180 Å². The van der Waals surface area contributed by atoms with Gasteiger partial charge in [-0.05, 0) is 50.0 Å². The van der Waals surface area contributed by atoms with E-state index in [1.54, 1.807) is 0 Å². The number of amides is 4. The second-order valence-electron chi connectivity index (χ2n) is 12.6. The summed E-state index contributed by atoms with van der Waals surface area (Å²) in [5.74, 6) is -4.30. The average molecular weight is 732 g/mol. The maximum atomic E-state index is 13.6. The highest BCUT2D eigenvalue weighted by atomic mass is 35.6. The van der Waals surface area contributed by atoms with E-state index in [2.05, 4.69) is 21.3 Å². The van der Waals surface area contributed by atoms with Gasteiger partial charge in [-0.15, -0.1) is 0 Å². The molecule has 0 spiro atoms. The lowest BCUT2D eigenvalue weighted by Gasteiger charge is -2.33. The Morgan fingerprint density at radius 1 is 0.913 bits per heavy atom. The Labute approximate surface area is 290 Å². The highest BCUT2D eigenvalue weighted by molar-refractivity contribution is 7.98. The molecule has 7 atom stereocenters. The summed E-state index contributed by atoms with van der Waals surface area (Å²) in [5.41, 5.74) is 0. The molecule has 0 aromatic rings. The smallest absolute Gasteiger partial charge is 0.328 e. The van der Waals surface area contributed by atoms with Crippen molar-refractivity contribution in [3.8, 4) is 0 Å². The van der Waals surface area contributed by atoms with E-state index in [0.29, 0.717) is 18.6 Å². The molecular formula is C30H49Cl3N4O8S. The molecule has 0 aliphatic heterocycles. The van der Waals surface area contributed by atoms with Crippen molar-refractivity contribution in [2.75, 3.05) is 18.6 Å². The summed E-state index contributed by atoms with van der Waals surface area (Å²) >= 11 is 18.3. The first-order chi connectivity index (χ1) is 21.2. The van der Waals surface area contributed by atoms with Crippen molar-refractivity contribution in [3.63, 3.8) is 0 Å². The third-order valence-corrected chi connectivity index (χ3v) is 8.37. The molecule has 1 fully saturated rings. The zero-order chi connectivity index (χ0) is 35.4. The Morgan fingerprint density at radius 3 is 2.02 bits per heavy atom. The van der Waals surface area contributed by atoms with Gasteiger partial charge in [0.1, 0.15) is 30.5 Å². The highest BCUT2D eigenvalue weighted by Gasteiger charge is 2.45. The minimum Gasteiger partial charge on any atom is -0.460 e. The number of hydrogen-bond donors (Lipinski definition) is 5. The van der Waals surface area contributed by atoms with E-state index >= 15 is 0 Å². The molecule has 0 unspecified atom stereocenters. The minimum atomic E-state index is -1.83. The summed E-state index contributed by atoms with van der Waals surface area (Å²) in [7, 11) is 0. The van der Waals surface area contributed by atoms with Gasteiger partial charge in [-0.25, -0.2) is 4.79 Å². The maximum Gasteiger partial charge on any atom is 0.328 e. The van der Waals surface area contributed by atoms with Crippen molar-refractivity contribution in [3.05, 3.63) is 0 Å². The summed E-state index contributed by atoms with van der Waals surface area (Å²) in [5, 5.41) is 22.4. The van der Waals surface area contributed by atoms with Gasteiger partial charge < -0.3 is 31.1 Å². The second kappa shape index (κ2) is 19.9. The molecule has 0 aromatic carbocycles. The fourth-order valence-corrected chi connectivity index (χ4v) is 5.92. The lowest BCUT2D eigenvalue weighted by Crippen LogP contribution is -2.57. The molecule has 46 heavy (non-hydrogen) atoms. The summed E-state index contributed by atoms with van der Waals surface area (Å²) < 4.78 is 3.08. The Balaban J connectivity index is 3.15. The number of esters is 1. The first-order valence-corrected chi connectivity index (χ1v) is 17.9. The zero-order valence-electron chi connectivity index (χ0n) is 27.5. The highest BCUT2D eigenvalue weighted by Crippen LogP contribution is 2.35. The number of aliphatic hydroxyl groups is 1. The average Bonchev–Trinajstić information content (AvgIpc) is 3.33. The molecule has 0 bridgehead atoms. The van der Waals surface area contributed by atoms with Crippen molar-refractivity contribution >= 4 is 81.9 Å². The van der Waals surface area contributed by atoms with E-state index < -0.39 is 76.2 Å². The van der Waals surface area contributed by atoms with Crippen molar-refractivity contribution in [2.24, 2.45) is 23.7 Å². The number of alkyl halides is 3. The van der Waals surface area contributed by atoms with Gasteiger partial charge in [0.25, 0.3) is 0 Å². The summed E-state index contributed by atoms with van der Waals surface area (Å²) in [6.45, 7) is 9.80. The first kappa shape index (κ1) is 42.2. The number of rotatable bonds is 18. The van der Waals surface area contributed by atoms with Crippen LogP contribution in [-0.4, -0.2) is 93.2 Å². The molecule has 0 saturated heterocycles. The van der Waals surface area contributed by atoms with Crippen LogP contribution in [0.2, 0.25) is 0 Å². The molecule has 4 amide bonds. The monoisotopic (exact) mass is 730 g/mol. The lowest BCUT2D eigenvalue weighted by atomic mass is 9.83. The van der Waals surface area contributed by atoms with Gasteiger partial charge in [0.15, 0.2) is 0 Å². The third kappa shape index (κ3) is 15.4. The Kier molecular flexibility index (Phi) is 18.3. The van der Waals surface area contributed by atoms with Gasteiger partial charge in [-0.1, -0.05) is 62.5 Å². The number of halogens is 3. The predicted octanol–water partition coefficient (Wildman–Crippen LogP) is 2.68. The van der Waals surface area contributed by atoms with E-state index in [1.165, 1.54) is 25.6 Å². The van der Waals surface area contributed by atoms with Gasteiger partial charge in [-0.2, -0.15) is 11.8 Å². The third-order valence-electron chi connectivity index (χ3n) is 7.40. The summed E-state index contributed by atoms with van der Waals surface area (Å²) in [6.07, 6.45) is 1.29. The van der Waals surface area contributed by atoms with Crippen LogP contribution in [0.5, 0.6) is 0 Å². The summed E-state index contributed by atoms with van der Waals surface area (Å²) in [6, 6.07) is -3.78. The van der Waals surface area contributed by atoms with Crippen LogP contribution < -0.4 is 21.3 Å². The number of carbonyl (C=O) groups excluding carboxylic acids is 6. The molecule has 1 saturated carbocycles. The number of ketones is 1. The molecule has 0 aromatic heterocycles. The van der Waals surface area contributed by atoms with Crippen LogP contribution >= 0.6 is 46.6 Å². The molecule has 12 nitrogen and oxygen atoms in total. The number of aliphatic hydroxyl groups excluding tert-OH is 1. The lowest BCUT2D eigenvalue weighted by molar-refractivity contribution is -0.148. The van der Waals surface area contributed by atoms with Crippen molar-refractivity contribution < 1.29 is 38.6 Å². The zero-order valence-corrected chi connectivity index (χ0v) is 30.6. The number of thioether (sulfide) groups is 1. The standard InChI is InChI=1S/C30H49Cl3N4O8S/c1-15(2)10-23(37-27(42)22(8-9-46-7)36-28(43)24(11-16(3)4)35-18(6)38)25(40)20-12-19(39)13-21(20)26(41)34-17(5)29(44)45-14-30(31,32)33/h15-17,20-25,40H,8-14H2,1-7H3,(H,34,41)(H,35,38)(H,36,43)(H,37,42)/t17-,20+,21+,22-,23-,24-,25-/m0/s1. The fourth-order valence-electron chi connectivity index (χ4n) is 5.29. The van der Waals surface area contributed by atoms with E-state index in [-0.39, 0.29) is 42.8 Å². The first-order valence-electron chi connectivity index (χ1n) is 15.4. The second-order valence-corrected chi connectivity index (χ2v) is 16.1. The molecule has 1 aliphatic carbocycles. The van der Waals surface area contributed by atoms with E-state index in [9.17, 15) is 33.9 Å². The maximum absolute atomic E-state index is 13.6. The van der Waals surface area contributed by atoms with Crippen LogP contribution in [0.3, 0.4) is 0 Å². The van der Waals surface area contributed by atoms with Crippen LogP contribution in [0.15, 0.2) is 0 Å². The number of carbonyl (C=O) groups is 6. The molecule has 1 aliphatic rings. The van der Waals surface area contributed by atoms with E-state index in [1.807, 2.05) is 34.0 Å². The SMILES string of the molecule is CSCC[C@H](NC(=O)[C@H](CC(C)C)NC(C)=O)C(=O)N[C@@H](CC(C)C)[C@@H](O)[C@@H]1CC(=O)C[C@H]1C(=O)N[C@@H](C)C(=O)OCC(Cl)(Cl)Cl. The van der Waals surface area contributed by atoms with Crippen molar-refractivity contribution in [2.45, 2.75) is 108 Å². The van der Waals surface area contributed by atoms with Crippen molar-refractivity contribution in [1.29, 1.82) is 0 Å². The number of Topliss-reactive ketones (excluding diaryl/α,β-unsaturated/α-hetero) is 1. The quantitative estimate of drug-likeness (QED) is 0.105. The molecule has 0 heterocycles. The number of nitrogens with one attached hydrogen (secondary N) is 4. The molecule has 1 rings (SSSR count). The largest absolute Gasteiger partial charge is 0.460 e. The minimum absolute atomic E-state index is 0.00599. The van der Waals surface area contributed by atoms with Gasteiger partial charge in [0.05, 0.1) is 18.1 Å². The van der Waals surface area contributed by atoms with Gasteiger partial charge in [0, 0.05) is 25.7 Å². The summed E-state index contributed by atoms with van der Waals surface area (Å²) in [4.78, 5) is 76.6. The molecule has 264 valence electrons. The van der Waals surface area contributed by atoms with Gasteiger partial charge in [-0.3, -0.25) is 24.0 Å². The normalized spacial score (nSPS) is 20.0.